The van der Waals surface area contributed by atoms with Crippen LogP contribution in [0.15, 0.2) is 24.5 Å². The summed E-state index contributed by atoms with van der Waals surface area (Å²) in [4.78, 5) is 16.1. The number of rotatable bonds is 4. The van der Waals surface area contributed by atoms with Gasteiger partial charge in [-0.2, -0.15) is 0 Å². The minimum atomic E-state index is -0.304. The van der Waals surface area contributed by atoms with Gasteiger partial charge < -0.3 is 11.1 Å². The van der Waals surface area contributed by atoms with Crippen molar-refractivity contribution in [1.82, 2.24) is 10.3 Å². The first-order chi connectivity index (χ1) is 8.18. The molecule has 1 aliphatic rings. The van der Waals surface area contributed by atoms with Crippen LogP contribution in [-0.2, 0) is 4.79 Å². The van der Waals surface area contributed by atoms with Crippen molar-refractivity contribution < 1.29 is 4.79 Å². The molecule has 1 fully saturated rings. The summed E-state index contributed by atoms with van der Waals surface area (Å²) in [5.74, 6) is 0.0931. The second-order valence-corrected chi connectivity index (χ2v) is 4.81. The van der Waals surface area contributed by atoms with E-state index in [0.717, 1.165) is 24.8 Å². The minimum absolute atomic E-state index is 0.00882. The summed E-state index contributed by atoms with van der Waals surface area (Å²) in [5.41, 5.74) is 6.48. The lowest BCUT2D eigenvalue weighted by Gasteiger charge is -2.39. The molecule has 4 nitrogen and oxygen atoms in total. The van der Waals surface area contributed by atoms with Crippen LogP contribution in [0.3, 0.4) is 0 Å². The number of nitrogens with zero attached hydrogens (tertiary/aromatic N) is 1. The standard InChI is InChI=1S/C13H19N3O/c1-10(11-3-7-15-8-4-11)16-12(17)13(9-14)5-2-6-13/h3-4,7-8,10H,2,5-6,9,14H2,1H3,(H,16,17). The average molecular weight is 233 g/mol. The van der Waals surface area contributed by atoms with Crippen molar-refractivity contribution in [1.29, 1.82) is 0 Å². The highest BCUT2D eigenvalue weighted by Gasteiger charge is 2.43. The first kappa shape index (κ1) is 12.0. The third-order valence-corrected chi connectivity index (χ3v) is 3.74. The van der Waals surface area contributed by atoms with Crippen LogP contribution in [0.4, 0.5) is 0 Å². The van der Waals surface area contributed by atoms with E-state index in [0.29, 0.717) is 6.54 Å². The molecule has 1 aromatic heterocycles. The normalized spacial score (nSPS) is 19.2. The molecule has 92 valence electrons. The molecule has 0 bridgehead atoms. The molecular formula is C13H19N3O. The van der Waals surface area contributed by atoms with Gasteiger partial charge in [-0.15, -0.1) is 0 Å². The summed E-state index contributed by atoms with van der Waals surface area (Å²) in [6.45, 7) is 2.43. The zero-order valence-corrected chi connectivity index (χ0v) is 10.1. The first-order valence-corrected chi connectivity index (χ1v) is 6.09. The number of nitrogens with two attached hydrogens (primary N) is 1. The van der Waals surface area contributed by atoms with E-state index in [1.807, 2.05) is 19.1 Å². The van der Waals surface area contributed by atoms with Gasteiger partial charge in [-0.3, -0.25) is 9.78 Å². The lowest BCUT2D eigenvalue weighted by Crippen LogP contribution is -2.50. The summed E-state index contributed by atoms with van der Waals surface area (Å²) < 4.78 is 0. The van der Waals surface area contributed by atoms with Gasteiger partial charge in [0, 0.05) is 18.9 Å². The average Bonchev–Trinajstić information content (AvgIpc) is 2.29. The summed E-state index contributed by atoms with van der Waals surface area (Å²) in [5, 5.41) is 3.04. The molecule has 1 heterocycles. The first-order valence-electron chi connectivity index (χ1n) is 6.09. The highest BCUT2D eigenvalue weighted by Crippen LogP contribution is 2.40. The number of hydrogen-bond acceptors (Lipinski definition) is 3. The Morgan fingerprint density at radius 2 is 2.18 bits per heavy atom. The molecule has 2 rings (SSSR count). The van der Waals surface area contributed by atoms with Crippen molar-refractivity contribution in [2.45, 2.75) is 32.2 Å². The molecule has 17 heavy (non-hydrogen) atoms. The maximum absolute atomic E-state index is 12.2. The van der Waals surface area contributed by atoms with E-state index in [-0.39, 0.29) is 17.4 Å². The van der Waals surface area contributed by atoms with Crippen LogP contribution in [0.25, 0.3) is 0 Å². The fraction of sp³-hybridized carbons (Fsp3) is 0.538. The van der Waals surface area contributed by atoms with Crippen molar-refractivity contribution in [3.05, 3.63) is 30.1 Å². The number of aromatic nitrogens is 1. The van der Waals surface area contributed by atoms with Gasteiger partial charge in [0.2, 0.25) is 5.91 Å². The largest absolute Gasteiger partial charge is 0.349 e. The van der Waals surface area contributed by atoms with E-state index in [4.69, 9.17) is 5.73 Å². The van der Waals surface area contributed by atoms with E-state index < -0.39 is 0 Å². The highest BCUT2D eigenvalue weighted by atomic mass is 16.2. The smallest absolute Gasteiger partial charge is 0.227 e. The Bertz CT molecular complexity index is 381. The summed E-state index contributed by atoms with van der Waals surface area (Å²) >= 11 is 0. The molecule has 0 radical (unpaired) electrons. The molecule has 0 aliphatic heterocycles. The fourth-order valence-electron chi connectivity index (χ4n) is 2.21. The maximum atomic E-state index is 12.2. The molecule has 0 spiro atoms. The van der Waals surface area contributed by atoms with Gasteiger partial charge in [0.15, 0.2) is 0 Å². The van der Waals surface area contributed by atoms with E-state index in [1.165, 1.54) is 0 Å². The third-order valence-electron chi connectivity index (χ3n) is 3.74. The van der Waals surface area contributed by atoms with Gasteiger partial charge >= 0.3 is 0 Å². The van der Waals surface area contributed by atoms with E-state index >= 15 is 0 Å². The Labute approximate surface area is 102 Å². The molecule has 1 amide bonds. The summed E-state index contributed by atoms with van der Waals surface area (Å²) in [6, 6.07) is 3.84. The van der Waals surface area contributed by atoms with Crippen molar-refractivity contribution in [2.24, 2.45) is 11.1 Å². The minimum Gasteiger partial charge on any atom is -0.349 e. The van der Waals surface area contributed by atoms with Crippen LogP contribution in [0.2, 0.25) is 0 Å². The van der Waals surface area contributed by atoms with Crippen molar-refractivity contribution >= 4 is 5.91 Å². The molecule has 0 saturated heterocycles. The molecule has 1 saturated carbocycles. The SMILES string of the molecule is CC(NC(=O)C1(CN)CCC1)c1ccncc1. The second-order valence-electron chi connectivity index (χ2n) is 4.81. The molecule has 1 atom stereocenters. The van der Waals surface area contributed by atoms with Crippen molar-refractivity contribution in [3.63, 3.8) is 0 Å². The van der Waals surface area contributed by atoms with Crippen molar-refractivity contribution in [2.75, 3.05) is 6.54 Å². The molecule has 4 heteroatoms. The Morgan fingerprint density at radius 1 is 1.53 bits per heavy atom. The van der Waals surface area contributed by atoms with Crippen LogP contribution < -0.4 is 11.1 Å². The predicted octanol–water partition coefficient (Wildman–Crippen LogP) is 1.39. The zero-order valence-electron chi connectivity index (χ0n) is 10.1. The molecule has 0 aromatic carbocycles. The summed E-state index contributed by atoms with van der Waals surface area (Å²) in [7, 11) is 0. The van der Waals surface area contributed by atoms with E-state index in [9.17, 15) is 4.79 Å². The number of carbonyl (C=O) groups is 1. The number of nitrogens with one attached hydrogen (secondary N) is 1. The predicted molar refractivity (Wildman–Crippen MR) is 66.1 cm³/mol. The molecule has 1 aromatic rings. The van der Waals surface area contributed by atoms with Gasteiger partial charge in [-0.05, 0) is 37.5 Å². The van der Waals surface area contributed by atoms with E-state index in [1.54, 1.807) is 12.4 Å². The van der Waals surface area contributed by atoms with Crippen LogP contribution >= 0.6 is 0 Å². The molecular weight excluding hydrogens is 214 g/mol. The molecule has 1 unspecified atom stereocenters. The Balaban J connectivity index is 1.99. The third kappa shape index (κ3) is 2.31. The fourth-order valence-corrected chi connectivity index (χ4v) is 2.21. The topological polar surface area (TPSA) is 68.0 Å². The van der Waals surface area contributed by atoms with Crippen LogP contribution in [0.5, 0.6) is 0 Å². The Morgan fingerprint density at radius 3 is 2.65 bits per heavy atom. The molecule has 1 aliphatic carbocycles. The van der Waals surface area contributed by atoms with Crippen molar-refractivity contribution in [3.8, 4) is 0 Å². The van der Waals surface area contributed by atoms with Gasteiger partial charge in [0.1, 0.15) is 0 Å². The quantitative estimate of drug-likeness (QED) is 0.825. The van der Waals surface area contributed by atoms with Gasteiger partial charge in [-0.1, -0.05) is 6.42 Å². The monoisotopic (exact) mass is 233 g/mol. The number of pyridine rings is 1. The van der Waals surface area contributed by atoms with Crippen LogP contribution in [-0.4, -0.2) is 17.4 Å². The summed E-state index contributed by atoms with van der Waals surface area (Å²) in [6.07, 6.45) is 6.41. The second kappa shape index (κ2) is 4.84. The lowest BCUT2D eigenvalue weighted by atomic mass is 9.68. The maximum Gasteiger partial charge on any atom is 0.227 e. The number of amides is 1. The number of hydrogen-bond donors (Lipinski definition) is 2. The number of carbonyl (C=O) groups excluding carboxylic acids is 1. The van der Waals surface area contributed by atoms with Crippen LogP contribution in [0.1, 0.15) is 37.8 Å². The Hall–Kier alpha value is -1.42. The van der Waals surface area contributed by atoms with Gasteiger partial charge in [0.05, 0.1) is 11.5 Å². The highest BCUT2D eigenvalue weighted by molar-refractivity contribution is 5.84. The van der Waals surface area contributed by atoms with E-state index in [2.05, 4.69) is 10.3 Å². The zero-order chi connectivity index (χ0) is 12.3. The Kier molecular flexibility index (Phi) is 3.43. The van der Waals surface area contributed by atoms with Crippen LogP contribution in [0, 0.1) is 5.41 Å². The van der Waals surface area contributed by atoms with Gasteiger partial charge in [-0.25, -0.2) is 0 Å². The molecule has 3 N–H and O–H groups in total. The van der Waals surface area contributed by atoms with Gasteiger partial charge in [0.25, 0.3) is 0 Å². The lowest BCUT2D eigenvalue weighted by molar-refractivity contribution is -0.135.